The van der Waals surface area contributed by atoms with Gasteiger partial charge in [-0.25, -0.2) is 0 Å². The van der Waals surface area contributed by atoms with Crippen LogP contribution in [0.3, 0.4) is 0 Å². The molecule has 0 heteroatoms. The first-order valence-electron chi connectivity index (χ1n) is 17.0. The molecule has 0 N–H and O–H groups in total. The molecule has 5 rings (SSSR count). The fraction of sp³-hybridized carbons (Fsp3) is 1.00. The van der Waals surface area contributed by atoms with Crippen LogP contribution < -0.4 is 0 Å². The summed E-state index contributed by atoms with van der Waals surface area (Å²) in [5.74, 6) is 11.9. The third kappa shape index (κ3) is 7.31. The number of hydrogen-bond acceptors (Lipinski definition) is 0. The minimum atomic E-state index is 1.01. The van der Waals surface area contributed by atoms with E-state index in [1.165, 1.54) is 51.4 Å². The van der Waals surface area contributed by atoms with E-state index in [4.69, 9.17) is 0 Å². The smallest absolute Gasteiger partial charge is 0.0324 e. The molecule has 0 radical (unpaired) electrons. The molecule has 204 valence electrons. The first-order chi connectivity index (χ1) is 17.0. The molecule has 35 heavy (non-hydrogen) atoms. The normalized spacial score (nSPS) is 46.0. The third-order valence-electron chi connectivity index (χ3n) is 12.4. The van der Waals surface area contributed by atoms with Crippen LogP contribution in [0.1, 0.15) is 157 Å². The van der Waals surface area contributed by atoms with Crippen LogP contribution in [0, 0.1) is 65.1 Å². The van der Waals surface area contributed by atoms with Crippen molar-refractivity contribution < 1.29 is 0 Å². The Morgan fingerprint density at radius 1 is 0.571 bits per heavy atom. The molecule has 5 aliphatic carbocycles. The molecule has 0 aromatic carbocycles. The topological polar surface area (TPSA) is 0 Å². The molecule has 0 aliphatic heterocycles. The molecule has 5 aliphatic rings. The number of rotatable bonds is 6. The first kappa shape index (κ1) is 28.0. The zero-order chi connectivity index (χ0) is 24.8. The maximum absolute atomic E-state index is 2.61. The second-order valence-corrected chi connectivity index (χ2v) is 14.9. The predicted molar refractivity (Wildman–Crippen MR) is 154 cm³/mol. The summed E-state index contributed by atoms with van der Waals surface area (Å²) in [5, 5.41) is 0. The van der Waals surface area contributed by atoms with Gasteiger partial charge in [0.25, 0.3) is 0 Å². The van der Waals surface area contributed by atoms with Crippen molar-refractivity contribution >= 4 is 0 Å². The van der Waals surface area contributed by atoms with Crippen LogP contribution in [0.15, 0.2) is 0 Å². The summed E-state index contributed by atoms with van der Waals surface area (Å²) in [6.45, 7) is 12.3. The summed E-state index contributed by atoms with van der Waals surface area (Å²) < 4.78 is 0. The van der Waals surface area contributed by atoms with E-state index < -0.39 is 0 Å². The Kier molecular flexibility index (Phi) is 11.0. The van der Waals surface area contributed by atoms with Gasteiger partial charge in [0.15, 0.2) is 0 Å². The van der Waals surface area contributed by atoms with Crippen molar-refractivity contribution in [3.05, 3.63) is 0 Å². The highest BCUT2D eigenvalue weighted by molar-refractivity contribution is 4.97. The van der Waals surface area contributed by atoms with Crippen molar-refractivity contribution in [1.82, 2.24) is 0 Å². The summed E-state index contributed by atoms with van der Waals surface area (Å²) in [4.78, 5) is 0. The monoisotopic (exact) mass is 485 g/mol. The van der Waals surface area contributed by atoms with Crippen LogP contribution in [0.2, 0.25) is 0 Å². The van der Waals surface area contributed by atoms with Crippen molar-refractivity contribution in [2.45, 2.75) is 157 Å². The standard InChI is InChI=1S/C22H40.C13H24/c1-4-6-9-20-16(3)15-19-8-7-10-21(19)22(20)18-13-11-17(5-2)12-14-18;1-10-4-3-5-12(8-10)13-7-6-11(2)9-13/h16-22H,4-15H2,1-3H3;10-13H,3-9H2,1-2H3. The van der Waals surface area contributed by atoms with Gasteiger partial charge in [-0.2, -0.15) is 0 Å². The highest BCUT2D eigenvalue weighted by Crippen LogP contribution is 2.56. The number of hydrogen-bond donors (Lipinski definition) is 0. The van der Waals surface area contributed by atoms with Gasteiger partial charge < -0.3 is 0 Å². The second kappa shape index (κ2) is 13.7. The van der Waals surface area contributed by atoms with Crippen molar-refractivity contribution in [2.75, 3.05) is 0 Å². The lowest BCUT2D eigenvalue weighted by Gasteiger charge is -2.49. The maximum Gasteiger partial charge on any atom is -0.0324 e. The van der Waals surface area contributed by atoms with E-state index in [9.17, 15) is 0 Å². The van der Waals surface area contributed by atoms with Gasteiger partial charge in [-0.1, -0.05) is 105 Å². The molecule has 9 unspecified atom stereocenters. The average molecular weight is 485 g/mol. The van der Waals surface area contributed by atoms with Crippen LogP contribution in [0.4, 0.5) is 0 Å². The molecular weight excluding hydrogens is 420 g/mol. The van der Waals surface area contributed by atoms with Gasteiger partial charge in [-0.3, -0.25) is 0 Å². The summed E-state index contributed by atoms with van der Waals surface area (Å²) in [5.41, 5.74) is 0. The Balaban J connectivity index is 0.000000189. The van der Waals surface area contributed by atoms with Gasteiger partial charge in [-0.05, 0) is 116 Å². The number of unbranched alkanes of at least 4 members (excludes halogenated alkanes) is 1. The van der Waals surface area contributed by atoms with Crippen molar-refractivity contribution in [2.24, 2.45) is 65.1 Å². The molecule has 0 aromatic rings. The van der Waals surface area contributed by atoms with Gasteiger partial charge in [0.2, 0.25) is 0 Å². The molecule has 0 amide bonds. The molecule has 0 spiro atoms. The molecule has 5 fully saturated rings. The highest BCUT2D eigenvalue weighted by atomic mass is 14.5. The SMILES string of the molecule is CC1CCCC(C2CCC(C)C2)C1.CCCCC1C(C)CC2CCCC2C1C1CCC(CC)CC1. The molecule has 0 saturated heterocycles. The molecule has 5 saturated carbocycles. The first-order valence-corrected chi connectivity index (χ1v) is 17.0. The summed E-state index contributed by atoms with van der Waals surface area (Å²) in [6.07, 6.45) is 29.0. The number of fused-ring (bicyclic) bond motifs is 1. The van der Waals surface area contributed by atoms with Gasteiger partial charge in [-0.15, -0.1) is 0 Å². The largest absolute Gasteiger partial charge is 0.0654 e. The molecule has 9 atom stereocenters. The van der Waals surface area contributed by atoms with Crippen LogP contribution in [0.5, 0.6) is 0 Å². The van der Waals surface area contributed by atoms with E-state index in [0.29, 0.717) is 0 Å². The molecule has 0 bridgehead atoms. The quantitative estimate of drug-likeness (QED) is 0.351. The Bertz CT molecular complexity index is 585. The summed E-state index contributed by atoms with van der Waals surface area (Å²) in [7, 11) is 0. The summed E-state index contributed by atoms with van der Waals surface area (Å²) >= 11 is 0. The Morgan fingerprint density at radius 3 is 1.86 bits per heavy atom. The van der Waals surface area contributed by atoms with Gasteiger partial charge in [0.05, 0.1) is 0 Å². The molecule has 0 aromatic heterocycles. The fourth-order valence-electron chi connectivity index (χ4n) is 10.4. The zero-order valence-electron chi connectivity index (χ0n) is 24.8. The average Bonchev–Trinajstić information content (AvgIpc) is 3.52. The van der Waals surface area contributed by atoms with Crippen LogP contribution in [-0.4, -0.2) is 0 Å². The van der Waals surface area contributed by atoms with Gasteiger partial charge in [0, 0.05) is 0 Å². The summed E-state index contributed by atoms with van der Waals surface area (Å²) in [6, 6.07) is 0. The fourth-order valence-corrected chi connectivity index (χ4v) is 10.4. The minimum Gasteiger partial charge on any atom is -0.0654 e. The Hall–Kier alpha value is 0. The van der Waals surface area contributed by atoms with E-state index in [1.807, 2.05) is 0 Å². The molecular formula is C35H64. The van der Waals surface area contributed by atoms with Crippen molar-refractivity contribution in [3.8, 4) is 0 Å². The van der Waals surface area contributed by atoms with Crippen LogP contribution in [0.25, 0.3) is 0 Å². The lowest BCUT2D eigenvalue weighted by atomic mass is 9.56. The maximum atomic E-state index is 2.61. The van der Waals surface area contributed by atoms with E-state index in [2.05, 4.69) is 34.6 Å². The van der Waals surface area contributed by atoms with Crippen LogP contribution >= 0.6 is 0 Å². The third-order valence-corrected chi connectivity index (χ3v) is 12.4. The highest BCUT2D eigenvalue weighted by Gasteiger charge is 2.47. The van der Waals surface area contributed by atoms with E-state index in [0.717, 1.165) is 65.1 Å². The Morgan fingerprint density at radius 2 is 1.20 bits per heavy atom. The van der Waals surface area contributed by atoms with Gasteiger partial charge >= 0.3 is 0 Å². The second-order valence-electron chi connectivity index (χ2n) is 14.9. The van der Waals surface area contributed by atoms with E-state index in [1.54, 1.807) is 70.6 Å². The molecule has 0 heterocycles. The Labute approximate surface area is 221 Å². The predicted octanol–water partition coefficient (Wildman–Crippen LogP) is 11.3. The van der Waals surface area contributed by atoms with Crippen molar-refractivity contribution in [3.63, 3.8) is 0 Å². The van der Waals surface area contributed by atoms with Crippen molar-refractivity contribution in [1.29, 1.82) is 0 Å². The minimum absolute atomic E-state index is 1.01. The van der Waals surface area contributed by atoms with Gasteiger partial charge in [0.1, 0.15) is 0 Å². The van der Waals surface area contributed by atoms with Crippen LogP contribution in [-0.2, 0) is 0 Å². The van der Waals surface area contributed by atoms with E-state index in [-0.39, 0.29) is 0 Å². The molecule has 0 nitrogen and oxygen atoms in total. The van der Waals surface area contributed by atoms with E-state index >= 15 is 0 Å². The zero-order valence-corrected chi connectivity index (χ0v) is 24.8. The lowest BCUT2D eigenvalue weighted by molar-refractivity contribution is -0.00258. The lowest BCUT2D eigenvalue weighted by Crippen LogP contribution is -2.42.